The van der Waals surface area contributed by atoms with E-state index in [2.05, 4.69) is 4.98 Å². The zero-order valence-electron chi connectivity index (χ0n) is 13.7. The summed E-state index contributed by atoms with van der Waals surface area (Å²) in [4.78, 5) is 17.4. The topological polar surface area (TPSA) is 62.7 Å². The Balaban J connectivity index is 1.84. The van der Waals surface area contributed by atoms with Crippen LogP contribution in [0.15, 0.2) is 36.4 Å². The molecule has 0 bridgehead atoms. The van der Waals surface area contributed by atoms with E-state index in [1.165, 1.54) is 12.1 Å². The van der Waals surface area contributed by atoms with E-state index in [-0.39, 0.29) is 11.3 Å². The van der Waals surface area contributed by atoms with Crippen LogP contribution in [0.2, 0.25) is 0 Å². The lowest BCUT2D eigenvalue weighted by molar-refractivity contribution is 0.0124. The SMILES string of the molecule is CC(F)(F)c1cccc(CN2CCOc3cccc(C(=O)O)c3C2)n1. The number of nitrogens with zero attached hydrogens (tertiary/aromatic N) is 2. The minimum absolute atomic E-state index is 0.186. The number of carbonyl (C=O) groups is 1. The molecule has 2 heterocycles. The van der Waals surface area contributed by atoms with Gasteiger partial charge in [0.05, 0.1) is 11.3 Å². The molecule has 0 spiro atoms. The van der Waals surface area contributed by atoms with Crippen LogP contribution in [0.25, 0.3) is 0 Å². The van der Waals surface area contributed by atoms with Gasteiger partial charge in [-0.1, -0.05) is 12.1 Å². The molecule has 1 aliphatic rings. The summed E-state index contributed by atoms with van der Waals surface area (Å²) in [5.41, 5.74) is 1.01. The Hall–Kier alpha value is -2.54. The van der Waals surface area contributed by atoms with Crippen LogP contribution in [0.5, 0.6) is 5.75 Å². The Morgan fingerprint density at radius 3 is 2.80 bits per heavy atom. The zero-order valence-corrected chi connectivity index (χ0v) is 13.7. The highest BCUT2D eigenvalue weighted by atomic mass is 19.3. The Morgan fingerprint density at radius 1 is 1.32 bits per heavy atom. The number of pyridine rings is 1. The van der Waals surface area contributed by atoms with Gasteiger partial charge in [-0.05, 0) is 24.3 Å². The molecular weight excluding hydrogens is 330 g/mol. The quantitative estimate of drug-likeness (QED) is 0.919. The minimum Gasteiger partial charge on any atom is -0.492 e. The molecule has 0 amide bonds. The van der Waals surface area contributed by atoms with E-state index in [0.29, 0.717) is 43.2 Å². The van der Waals surface area contributed by atoms with Crippen molar-refractivity contribution >= 4 is 5.97 Å². The van der Waals surface area contributed by atoms with Crippen molar-refractivity contribution in [1.82, 2.24) is 9.88 Å². The number of rotatable bonds is 4. The van der Waals surface area contributed by atoms with Crippen molar-refractivity contribution in [2.75, 3.05) is 13.2 Å². The highest BCUT2D eigenvalue weighted by Crippen LogP contribution is 2.28. The molecule has 0 unspecified atom stereocenters. The number of alkyl halides is 2. The number of aromatic carboxylic acids is 1. The van der Waals surface area contributed by atoms with E-state index in [9.17, 15) is 18.7 Å². The molecule has 1 N–H and O–H groups in total. The van der Waals surface area contributed by atoms with Gasteiger partial charge in [-0.2, -0.15) is 8.78 Å². The summed E-state index contributed by atoms with van der Waals surface area (Å²) in [6.07, 6.45) is 0. The first kappa shape index (κ1) is 17.3. The van der Waals surface area contributed by atoms with Crippen LogP contribution in [0.1, 0.15) is 34.2 Å². The van der Waals surface area contributed by atoms with Crippen molar-refractivity contribution in [3.05, 3.63) is 58.9 Å². The van der Waals surface area contributed by atoms with Crippen LogP contribution >= 0.6 is 0 Å². The number of hydrogen-bond acceptors (Lipinski definition) is 4. The van der Waals surface area contributed by atoms with Crippen LogP contribution in [0, 0.1) is 0 Å². The first-order chi connectivity index (χ1) is 11.8. The van der Waals surface area contributed by atoms with Gasteiger partial charge in [0, 0.05) is 32.1 Å². The van der Waals surface area contributed by atoms with Crippen molar-refractivity contribution in [2.24, 2.45) is 0 Å². The number of ether oxygens (including phenoxy) is 1. The number of fused-ring (bicyclic) bond motifs is 1. The maximum absolute atomic E-state index is 13.5. The van der Waals surface area contributed by atoms with Gasteiger partial charge in [-0.25, -0.2) is 4.79 Å². The fourth-order valence-corrected chi connectivity index (χ4v) is 2.83. The smallest absolute Gasteiger partial charge is 0.336 e. The second-order valence-corrected chi connectivity index (χ2v) is 6.05. The molecule has 1 aromatic heterocycles. The lowest BCUT2D eigenvalue weighted by Crippen LogP contribution is -2.26. The molecule has 0 aliphatic carbocycles. The summed E-state index contributed by atoms with van der Waals surface area (Å²) < 4.78 is 32.6. The molecule has 1 aromatic carbocycles. The summed E-state index contributed by atoms with van der Waals surface area (Å²) in [7, 11) is 0. The Morgan fingerprint density at radius 2 is 2.08 bits per heavy atom. The zero-order chi connectivity index (χ0) is 18.0. The molecule has 0 saturated carbocycles. The number of halogens is 2. The van der Waals surface area contributed by atoms with Crippen LogP contribution in [-0.4, -0.2) is 34.1 Å². The summed E-state index contributed by atoms with van der Waals surface area (Å²) in [5.74, 6) is -3.47. The van der Waals surface area contributed by atoms with Crippen molar-refractivity contribution < 1.29 is 23.4 Å². The van der Waals surface area contributed by atoms with Gasteiger partial charge in [0.15, 0.2) is 0 Å². The molecule has 3 rings (SSSR count). The van der Waals surface area contributed by atoms with Gasteiger partial charge in [-0.15, -0.1) is 0 Å². The maximum Gasteiger partial charge on any atom is 0.336 e. The van der Waals surface area contributed by atoms with E-state index in [1.54, 1.807) is 24.3 Å². The summed E-state index contributed by atoms with van der Waals surface area (Å²) in [6.45, 7) is 2.43. The molecule has 5 nitrogen and oxygen atoms in total. The lowest BCUT2D eigenvalue weighted by Gasteiger charge is -2.20. The normalized spacial score (nSPS) is 15.2. The highest BCUT2D eigenvalue weighted by molar-refractivity contribution is 5.90. The molecule has 7 heteroatoms. The van der Waals surface area contributed by atoms with Gasteiger partial charge < -0.3 is 9.84 Å². The number of hydrogen-bond donors (Lipinski definition) is 1. The highest BCUT2D eigenvalue weighted by Gasteiger charge is 2.27. The first-order valence-electron chi connectivity index (χ1n) is 7.89. The number of aromatic nitrogens is 1. The molecule has 0 atom stereocenters. The fraction of sp³-hybridized carbons (Fsp3) is 0.333. The average Bonchev–Trinajstić information content (AvgIpc) is 2.75. The van der Waals surface area contributed by atoms with Crippen molar-refractivity contribution in [3.63, 3.8) is 0 Å². The van der Waals surface area contributed by atoms with Crippen LogP contribution < -0.4 is 4.74 Å². The monoisotopic (exact) mass is 348 g/mol. The second kappa shape index (κ2) is 6.76. The van der Waals surface area contributed by atoms with Crippen LogP contribution in [0.4, 0.5) is 8.78 Å². The van der Waals surface area contributed by atoms with Gasteiger partial charge in [0.1, 0.15) is 18.1 Å². The number of carboxylic acids is 1. The van der Waals surface area contributed by atoms with Crippen LogP contribution in [-0.2, 0) is 19.0 Å². The predicted molar refractivity (Wildman–Crippen MR) is 86.8 cm³/mol. The van der Waals surface area contributed by atoms with Gasteiger partial charge >= 0.3 is 5.97 Å². The van der Waals surface area contributed by atoms with Gasteiger partial charge in [0.25, 0.3) is 5.92 Å². The van der Waals surface area contributed by atoms with E-state index in [1.807, 2.05) is 4.90 Å². The van der Waals surface area contributed by atoms with Crippen molar-refractivity contribution in [1.29, 1.82) is 0 Å². The third-order valence-corrected chi connectivity index (χ3v) is 4.05. The standard InChI is InChI=1S/C18H18F2N2O3/c1-18(19,20)16-7-2-4-12(21-16)10-22-8-9-25-15-6-3-5-13(17(23)24)14(15)11-22/h2-7H,8-11H2,1H3,(H,23,24). The fourth-order valence-electron chi connectivity index (χ4n) is 2.83. The van der Waals surface area contributed by atoms with Gasteiger partial charge in [-0.3, -0.25) is 9.88 Å². The molecule has 0 saturated heterocycles. The molecule has 132 valence electrons. The second-order valence-electron chi connectivity index (χ2n) is 6.05. The van der Waals surface area contributed by atoms with Crippen molar-refractivity contribution in [3.8, 4) is 5.75 Å². The molecule has 1 aliphatic heterocycles. The van der Waals surface area contributed by atoms with E-state index >= 15 is 0 Å². The van der Waals surface area contributed by atoms with E-state index < -0.39 is 11.9 Å². The predicted octanol–water partition coefficient (Wildman–Crippen LogP) is 3.29. The molecule has 0 radical (unpaired) electrons. The van der Waals surface area contributed by atoms with Gasteiger partial charge in [0.2, 0.25) is 0 Å². The third kappa shape index (κ3) is 3.93. The summed E-state index contributed by atoms with van der Waals surface area (Å²) in [6, 6.07) is 9.45. The summed E-state index contributed by atoms with van der Waals surface area (Å²) in [5, 5.41) is 9.36. The van der Waals surface area contributed by atoms with E-state index in [4.69, 9.17) is 4.74 Å². The Kier molecular flexibility index (Phi) is 4.67. The minimum atomic E-state index is -3.00. The summed E-state index contributed by atoms with van der Waals surface area (Å²) >= 11 is 0. The largest absolute Gasteiger partial charge is 0.492 e. The number of benzene rings is 1. The lowest BCUT2D eigenvalue weighted by atomic mass is 10.1. The number of carboxylic acid groups (broad SMARTS) is 1. The van der Waals surface area contributed by atoms with Crippen molar-refractivity contribution in [2.45, 2.75) is 25.9 Å². The molecule has 2 aromatic rings. The Labute approximate surface area is 143 Å². The Bertz CT molecular complexity index is 790. The first-order valence-corrected chi connectivity index (χ1v) is 7.89. The van der Waals surface area contributed by atoms with Crippen LogP contribution in [0.3, 0.4) is 0 Å². The molecule has 25 heavy (non-hydrogen) atoms. The molecular formula is C18H18F2N2O3. The maximum atomic E-state index is 13.5. The van der Waals surface area contributed by atoms with E-state index in [0.717, 1.165) is 6.92 Å². The third-order valence-electron chi connectivity index (χ3n) is 4.05. The average molecular weight is 348 g/mol. The molecule has 0 fully saturated rings.